The molecule has 3 rings (SSSR count). The van der Waals surface area contributed by atoms with Crippen LogP contribution in [0.2, 0.25) is 0 Å². The Labute approximate surface area is 142 Å². The van der Waals surface area contributed by atoms with E-state index in [0.717, 1.165) is 0 Å². The molecule has 0 aliphatic carbocycles. The van der Waals surface area contributed by atoms with Crippen molar-refractivity contribution in [3.8, 4) is 0 Å². The van der Waals surface area contributed by atoms with Crippen molar-refractivity contribution in [2.45, 2.75) is 31.6 Å². The summed E-state index contributed by atoms with van der Waals surface area (Å²) >= 11 is 0. The van der Waals surface area contributed by atoms with Gasteiger partial charge in [-0.05, 0) is 19.8 Å². The van der Waals surface area contributed by atoms with Crippen molar-refractivity contribution in [1.29, 1.82) is 0 Å². The summed E-state index contributed by atoms with van der Waals surface area (Å²) in [7, 11) is -6.31. The number of aromatic nitrogens is 2. The molecule has 0 aromatic carbocycles. The summed E-state index contributed by atoms with van der Waals surface area (Å²) < 4.78 is 54.7. The van der Waals surface area contributed by atoms with Gasteiger partial charge < -0.3 is 4.52 Å². The summed E-state index contributed by atoms with van der Waals surface area (Å²) in [5.41, 5.74) is 0. The van der Waals surface area contributed by atoms with Gasteiger partial charge in [-0.2, -0.15) is 4.98 Å². The lowest BCUT2D eigenvalue weighted by Crippen LogP contribution is -2.49. The third-order valence-corrected chi connectivity index (χ3v) is 7.82. The summed E-state index contributed by atoms with van der Waals surface area (Å²) in [6, 6.07) is 0. The molecular formula is C13H22N4O5S2. The summed E-state index contributed by atoms with van der Waals surface area (Å²) in [5.74, 6) is 1.18. The second kappa shape index (κ2) is 6.36. The van der Waals surface area contributed by atoms with E-state index in [9.17, 15) is 16.8 Å². The first-order valence-corrected chi connectivity index (χ1v) is 11.4. The zero-order valence-electron chi connectivity index (χ0n) is 13.8. The van der Waals surface area contributed by atoms with E-state index in [-0.39, 0.29) is 17.6 Å². The van der Waals surface area contributed by atoms with Crippen LogP contribution in [-0.4, -0.2) is 73.8 Å². The second-order valence-electron chi connectivity index (χ2n) is 6.34. The summed E-state index contributed by atoms with van der Waals surface area (Å²) in [4.78, 5) is 4.42. The van der Waals surface area contributed by atoms with Crippen LogP contribution in [-0.2, 0) is 20.0 Å². The Morgan fingerprint density at radius 1 is 1.08 bits per heavy atom. The molecule has 11 heteroatoms. The van der Waals surface area contributed by atoms with Crippen LogP contribution in [0, 0.1) is 0 Å². The zero-order valence-corrected chi connectivity index (χ0v) is 15.4. The van der Waals surface area contributed by atoms with Crippen LogP contribution in [0.15, 0.2) is 4.52 Å². The van der Waals surface area contributed by atoms with Crippen LogP contribution in [0.4, 0.5) is 0 Å². The van der Waals surface area contributed by atoms with E-state index < -0.39 is 20.0 Å². The number of rotatable bonds is 5. The first-order chi connectivity index (χ1) is 11.2. The maximum Gasteiger partial charge on any atom is 0.232 e. The van der Waals surface area contributed by atoms with Crippen LogP contribution in [0.3, 0.4) is 0 Å². The summed E-state index contributed by atoms with van der Waals surface area (Å²) in [6.45, 7) is 3.30. The van der Waals surface area contributed by atoms with E-state index in [1.165, 1.54) is 14.9 Å². The van der Waals surface area contributed by atoms with Gasteiger partial charge in [0.15, 0.2) is 5.82 Å². The van der Waals surface area contributed by atoms with Crippen molar-refractivity contribution in [1.82, 2.24) is 18.8 Å². The van der Waals surface area contributed by atoms with Crippen molar-refractivity contribution in [2.75, 3.05) is 38.2 Å². The van der Waals surface area contributed by atoms with Gasteiger partial charge in [0.1, 0.15) is 0 Å². The van der Waals surface area contributed by atoms with E-state index in [1.807, 2.05) is 0 Å². The topological polar surface area (TPSA) is 114 Å². The van der Waals surface area contributed by atoms with Gasteiger partial charge in [-0.25, -0.2) is 25.4 Å². The number of hydrogen-bond donors (Lipinski definition) is 0. The van der Waals surface area contributed by atoms with Gasteiger partial charge >= 0.3 is 0 Å². The van der Waals surface area contributed by atoms with Gasteiger partial charge in [0, 0.05) is 32.1 Å². The SMILES string of the molecule is CCS(=O)(=O)N1CC(c2nc(C3CCN(S(C)(=O)=O)CC3)no2)C1. The fraction of sp³-hybridized carbons (Fsp3) is 0.846. The maximum atomic E-state index is 11.7. The van der Waals surface area contributed by atoms with Crippen LogP contribution in [0.1, 0.15) is 43.3 Å². The highest BCUT2D eigenvalue weighted by Crippen LogP contribution is 2.31. The fourth-order valence-electron chi connectivity index (χ4n) is 3.03. The molecule has 0 bridgehead atoms. The Hall–Kier alpha value is -1.04. The highest BCUT2D eigenvalue weighted by Gasteiger charge is 2.39. The number of sulfonamides is 2. The first-order valence-electron chi connectivity index (χ1n) is 7.97. The molecule has 9 nitrogen and oxygen atoms in total. The van der Waals surface area contributed by atoms with E-state index in [1.54, 1.807) is 6.92 Å². The molecule has 2 fully saturated rings. The minimum absolute atomic E-state index is 0.0521. The summed E-state index contributed by atoms with van der Waals surface area (Å²) in [6.07, 6.45) is 2.53. The van der Waals surface area contributed by atoms with Crippen molar-refractivity contribution in [3.05, 3.63) is 11.7 Å². The van der Waals surface area contributed by atoms with E-state index in [4.69, 9.17) is 4.52 Å². The lowest BCUT2D eigenvalue weighted by Gasteiger charge is -2.35. The highest BCUT2D eigenvalue weighted by molar-refractivity contribution is 7.89. The standard InChI is InChI=1S/C13H22N4O5S2/c1-3-24(20,21)17-8-11(9-17)13-14-12(15-22-13)10-4-6-16(7-5-10)23(2,18)19/h10-11H,3-9H2,1-2H3. The van der Waals surface area contributed by atoms with Crippen LogP contribution >= 0.6 is 0 Å². The molecule has 0 amide bonds. The maximum absolute atomic E-state index is 11.7. The monoisotopic (exact) mass is 378 g/mol. The van der Waals surface area contributed by atoms with Crippen LogP contribution < -0.4 is 0 Å². The molecule has 0 spiro atoms. The smallest absolute Gasteiger partial charge is 0.232 e. The Bertz CT molecular complexity index is 790. The quantitative estimate of drug-likeness (QED) is 0.706. The van der Waals surface area contributed by atoms with Gasteiger partial charge in [-0.15, -0.1) is 0 Å². The Balaban J connectivity index is 1.58. The molecule has 0 unspecified atom stereocenters. The molecule has 24 heavy (non-hydrogen) atoms. The van der Waals surface area contributed by atoms with E-state index in [2.05, 4.69) is 10.1 Å². The van der Waals surface area contributed by atoms with Crippen LogP contribution in [0.25, 0.3) is 0 Å². The van der Waals surface area contributed by atoms with Gasteiger partial charge in [-0.3, -0.25) is 0 Å². The predicted molar refractivity (Wildman–Crippen MR) is 86.5 cm³/mol. The highest BCUT2D eigenvalue weighted by atomic mass is 32.2. The zero-order chi connectivity index (χ0) is 17.5. The van der Waals surface area contributed by atoms with Crippen LogP contribution in [0.5, 0.6) is 0 Å². The molecule has 1 aromatic rings. The number of hydrogen-bond acceptors (Lipinski definition) is 7. The number of piperidine rings is 1. The predicted octanol–water partition coefficient (Wildman–Crippen LogP) is -0.0425. The van der Waals surface area contributed by atoms with E-state index >= 15 is 0 Å². The Morgan fingerprint density at radius 2 is 1.71 bits per heavy atom. The average molecular weight is 378 g/mol. The molecule has 0 atom stereocenters. The second-order valence-corrected chi connectivity index (χ2v) is 10.6. The van der Waals surface area contributed by atoms with E-state index in [0.29, 0.717) is 50.7 Å². The third kappa shape index (κ3) is 3.48. The van der Waals surface area contributed by atoms with Gasteiger partial charge in [-0.1, -0.05) is 5.16 Å². The molecule has 0 N–H and O–H groups in total. The van der Waals surface area contributed by atoms with Gasteiger partial charge in [0.25, 0.3) is 0 Å². The molecule has 2 aliphatic rings. The molecule has 1 aromatic heterocycles. The molecule has 2 aliphatic heterocycles. The summed E-state index contributed by atoms with van der Waals surface area (Å²) in [5, 5.41) is 4.02. The molecule has 3 heterocycles. The normalized spacial score (nSPS) is 22.6. The van der Waals surface area contributed by atoms with Gasteiger partial charge in [0.05, 0.1) is 17.9 Å². The molecule has 136 valence electrons. The van der Waals surface area contributed by atoms with Gasteiger partial charge in [0.2, 0.25) is 25.9 Å². The lowest BCUT2D eigenvalue weighted by atomic mass is 9.97. The third-order valence-electron chi connectivity index (χ3n) is 4.70. The molecule has 0 radical (unpaired) electrons. The lowest BCUT2D eigenvalue weighted by molar-refractivity contribution is 0.216. The fourth-order valence-corrected chi connectivity index (χ4v) is 5.08. The molecule has 2 saturated heterocycles. The minimum atomic E-state index is -3.16. The molecular weight excluding hydrogens is 356 g/mol. The Morgan fingerprint density at radius 3 is 2.25 bits per heavy atom. The van der Waals surface area contributed by atoms with Crippen molar-refractivity contribution < 1.29 is 21.4 Å². The number of nitrogens with zero attached hydrogens (tertiary/aromatic N) is 4. The minimum Gasteiger partial charge on any atom is -0.339 e. The Kier molecular flexibility index (Phi) is 4.71. The first kappa shape index (κ1) is 17.8. The largest absolute Gasteiger partial charge is 0.339 e. The van der Waals surface area contributed by atoms with Crippen molar-refractivity contribution in [3.63, 3.8) is 0 Å². The van der Waals surface area contributed by atoms with Crippen molar-refractivity contribution in [2.24, 2.45) is 0 Å². The van der Waals surface area contributed by atoms with Crippen molar-refractivity contribution >= 4 is 20.0 Å². The molecule has 0 saturated carbocycles. The average Bonchev–Trinajstić information content (AvgIpc) is 2.94.